The molecule has 1 aliphatic carbocycles. The van der Waals surface area contributed by atoms with Crippen LogP contribution in [0.25, 0.3) is 10.9 Å². The summed E-state index contributed by atoms with van der Waals surface area (Å²) >= 11 is 3.61. The first-order chi connectivity index (χ1) is 9.20. The lowest BCUT2D eigenvalue weighted by atomic mass is 10.1. The summed E-state index contributed by atoms with van der Waals surface area (Å²) in [7, 11) is 0. The Hall–Kier alpha value is -1.09. The topological polar surface area (TPSA) is 24.9 Å². The maximum atomic E-state index is 4.90. The molecule has 3 rings (SSSR count). The highest BCUT2D eigenvalue weighted by Crippen LogP contribution is 2.41. The molecule has 2 aromatic rings. The molecule has 19 heavy (non-hydrogen) atoms. The third-order valence-corrected chi connectivity index (χ3v) is 4.61. The highest BCUT2D eigenvalue weighted by molar-refractivity contribution is 9.10. The highest BCUT2D eigenvalue weighted by Gasteiger charge is 2.26. The molecule has 1 saturated carbocycles. The summed E-state index contributed by atoms with van der Waals surface area (Å²) in [5, 5.41) is 4.79. The second kappa shape index (κ2) is 5.12. The minimum absolute atomic E-state index is 0.685. The van der Waals surface area contributed by atoms with Crippen LogP contribution in [0.2, 0.25) is 0 Å². The molecule has 0 aliphatic heterocycles. The van der Waals surface area contributed by atoms with Crippen molar-refractivity contribution in [2.75, 3.05) is 11.9 Å². The van der Waals surface area contributed by atoms with Gasteiger partial charge in [0, 0.05) is 33.7 Å². The molecule has 1 aromatic heterocycles. The standard InChI is InChI=1S/C16H19BrN2/c1-3-8-18-15-9-14(11-4-5-11)19-16-10(2)13(17)7-6-12(15)16/h6-7,9,11H,3-5,8H2,1-2H3,(H,18,19). The molecule has 100 valence electrons. The van der Waals surface area contributed by atoms with Gasteiger partial charge in [-0.1, -0.05) is 22.9 Å². The minimum atomic E-state index is 0.685. The summed E-state index contributed by atoms with van der Waals surface area (Å²) < 4.78 is 1.14. The van der Waals surface area contributed by atoms with Crippen molar-refractivity contribution in [3.05, 3.63) is 33.9 Å². The van der Waals surface area contributed by atoms with Gasteiger partial charge in [0.2, 0.25) is 0 Å². The van der Waals surface area contributed by atoms with E-state index in [4.69, 9.17) is 4.98 Å². The largest absolute Gasteiger partial charge is 0.384 e. The van der Waals surface area contributed by atoms with E-state index in [0.717, 1.165) is 23.0 Å². The Morgan fingerprint density at radius 1 is 1.37 bits per heavy atom. The summed E-state index contributed by atoms with van der Waals surface area (Å²) in [5.41, 5.74) is 4.87. The van der Waals surface area contributed by atoms with Crippen LogP contribution in [0.4, 0.5) is 5.69 Å². The van der Waals surface area contributed by atoms with Crippen LogP contribution >= 0.6 is 15.9 Å². The Labute approximate surface area is 122 Å². The SMILES string of the molecule is CCCNc1cc(C2CC2)nc2c(C)c(Br)ccc12. The lowest BCUT2D eigenvalue weighted by molar-refractivity contribution is 0.976. The molecule has 1 aliphatic rings. The highest BCUT2D eigenvalue weighted by atomic mass is 79.9. The van der Waals surface area contributed by atoms with E-state index in [9.17, 15) is 0 Å². The Balaban J connectivity index is 2.17. The number of pyridine rings is 1. The number of nitrogens with one attached hydrogen (secondary N) is 1. The van der Waals surface area contributed by atoms with Crippen molar-refractivity contribution >= 4 is 32.5 Å². The first kappa shape index (κ1) is 12.9. The van der Waals surface area contributed by atoms with Crippen LogP contribution in [-0.4, -0.2) is 11.5 Å². The number of hydrogen-bond donors (Lipinski definition) is 1. The van der Waals surface area contributed by atoms with Crippen LogP contribution in [0.5, 0.6) is 0 Å². The molecule has 2 nitrogen and oxygen atoms in total. The second-order valence-corrected chi connectivity index (χ2v) is 6.22. The van der Waals surface area contributed by atoms with E-state index in [1.54, 1.807) is 0 Å². The predicted molar refractivity (Wildman–Crippen MR) is 84.9 cm³/mol. The molecule has 1 N–H and O–H groups in total. The Morgan fingerprint density at radius 3 is 2.84 bits per heavy atom. The molecule has 3 heteroatoms. The molecular weight excluding hydrogens is 300 g/mol. The fraction of sp³-hybridized carbons (Fsp3) is 0.438. The van der Waals surface area contributed by atoms with E-state index >= 15 is 0 Å². The normalized spacial score (nSPS) is 14.9. The summed E-state index contributed by atoms with van der Waals surface area (Å²) in [6, 6.07) is 6.53. The van der Waals surface area contributed by atoms with Crippen LogP contribution in [0, 0.1) is 6.92 Å². The van der Waals surface area contributed by atoms with Crippen molar-refractivity contribution in [3.63, 3.8) is 0 Å². The second-order valence-electron chi connectivity index (χ2n) is 5.36. The van der Waals surface area contributed by atoms with Gasteiger partial charge in [-0.3, -0.25) is 4.98 Å². The smallest absolute Gasteiger partial charge is 0.0766 e. The third kappa shape index (κ3) is 2.48. The molecular formula is C16H19BrN2. The molecule has 0 spiro atoms. The molecule has 1 fully saturated rings. The van der Waals surface area contributed by atoms with E-state index < -0.39 is 0 Å². The van der Waals surface area contributed by atoms with Crippen LogP contribution in [0.1, 0.15) is 43.4 Å². The third-order valence-electron chi connectivity index (χ3n) is 3.75. The fourth-order valence-corrected chi connectivity index (χ4v) is 2.74. The summed E-state index contributed by atoms with van der Waals surface area (Å²) in [6.45, 7) is 5.35. The van der Waals surface area contributed by atoms with Gasteiger partial charge >= 0.3 is 0 Å². The van der Waals surface area contributed by atoms with E-state index in [0.29, 0.717) is 5.92 Å². The van der Waals surface area contributed by atoms with Crippen LogP contribution in [-0.2, 0) is 0 Å². The van der Waals surface area contributed by atoms with Crippen molar-refractivity contribution < 1.29 is 0 Å². The van der Waals surface area contributed by atoms with E-state index in [1.165, 1.54) is 35.2 Å². The number of hydrogen-bond acceptors (Lipinski definition) is 2. The Bertz CT molecular complexity index is 618. The van der Waals surface area contributed by atoms with Crippen molar-refractivity contribution in [3.8, 4) is 0 Å². The molecule has 0 saturated heterocycles. The molecule has 1 aromatic carbocycles. The first-order valence-corrected chi connectivity index (χ1v) is 7.83. The van der Waals surface area contributed by atoms with Gasteiger partial charge in [-0.15, -0.1) is 0 Å². The maximum Gasteiger partial charge on any atom is 0.0766 e. The molecule has 0 amide bonds. The monoisotopic (exact) mass is 318 g/mol. The number of halogens is 1. The van der Waals surface area contributed by atoms with Crippen LogP contribution in [0.3, 0.4) is 0 Å². The molecule has 0 atom stereocenters. The number of anilines is 1. The Kier molecular flexibility index (Phi) is 3.48. The van der Waals surface area contributed by atoms with E-state index in [-0.39, 0.29) is 0 Å². The van der Waals surface area contributed by atoms with Crippen LogP contribution < -0.4 is 5.32 Å². The predicted octanol–water partition coefficient (Wildman–Crippen LogP) is 5.01. The quantitative estimate of drug-likeness (QED) is 0.857. The number of benzene rings is 1. The molecule has 0 radical (unpaired) electrons. The van der Waals surface area contributed by atoms with Crippen molar-refractivity contribution in [2.24, 2.45) is 0 Å². The van der Waals surface area contributed by atoms with E-state index in [1.807, 2.05) is 0 Å². The minimum Gasteiger partial charge on any atom is -0.384 e. The van der Waals surface area contributed by atoms with E-state index in [2.05, 4.69) is 53.3 Å². The average molecular weight is 319 g/mol. The average Bonchev–Trinajstić information content (AvgIpc) is 3.24. The number of aryl methyl sites for hydroxylation is 1. The van der Waals surface area contributed by atoms with Gasteiger partial charge in [0.25, 0.3) is 0 Å². The maximum absolute atomic E-state index is 4.90. The number of rotatable bonds is 4. The van der Waals surface area contributed by atoms with Gasteiger partial charge in [-0.25, -0.2) is 0 Å². The molecule has 0 unspecified atom stereocenters. The number of nitrogens with zero attached hydrogens (tertiary/aromatic N) is 1. The van der Waals surface area contributed by atoms with Gasteiger partial charge in [-0.05, 0) is 49.9 Å². The van der Waals surface area contributed by atoms with Crippen molar-refractivity contribution in [2.45, 2.75) is 39.0 Å². The lowest BCUT2D eigenvalue weighted by Crippen LogP contribution is -2.03. The zero-order chi connectivity index (χ0) is 13.4. The Morgan fingerprint density at radius 2 is 2.16 bits per heavy atom. The molecule has 1 heterocycles. The zero-order valence-electron chi connectivity index (χ0n) is 11.5. The van der Waals surface area contributed by atoms with Gasteiger partial charge in [0.1, 0.15) is 0 Å². The molecule has 0 bridgehead atoms. The van der Waals surface area contributed by atoms with Gasteiger partial charge in [-0.2, -0.15) is 0 Å². The van der Waals surface area contributed by atoms with Gasteiger partial charge < -0.3 is 5.32 Å². The van der Waals surface area contributed by atoms with Gasteiger partial charge in [0.15, 0.2) is 0 Å². The number of aromatic nitrogens is 1. The first-order valence-electron chi connectivity index (χ1n) is 7.04. The summed E-state index contributed by atoms with van der Waals surface area (Å²) in [6.07, 6.45) is 3.72. The summed E-state index contributed by atoms with van der Waals surface area (Å²) in [5.74, 6) is 0.685. The van der Waals surface area contributed by atoms with Crippen molar-refractivity contribution in [1.82, 2.24) is 4.98 Å². The lowest BCUT2D eigenvalue weighted by Gasteiger charge is -2.13. The van der Waals surface area contributed by atoms with Crippen molar-refractivity contribution in [1.29, 1.82) is 0 Å². The zero-order valence-corrected chi connectivity index (χ0v) is 13.0. The van der Waals surface area contributed by atoms with Crippen LogP contribution in [0.15, 0.2) is 22.7 Å². The van der Waals surface area contributed by atoms with Gasteiger partial charge in [0.05, 0.1) is 5.52 Å². The fourth-order valence-electron chi connectivity index (χ4n) is 2.42. The summed E-state index contributed by atoms with van der Waals surface area (Å²) in [4.78, 5) is 4.90. The number of fused-ring (bicyclic) bond motifs is 1.